The van der Waals surface area contributed by atoms with Crippen LogP contribution in [0.25, 0.3) is 0 Å². The maximum atomic E-state index is 12.8. The van der Waals surface area contributed by atoms with Crippen molar-refractivity contribution in [3.63, 3.8) is 0 Å². The number of hydrogen-bond donors (Lipinski definition) is 2. The lowest BCUT2D eigenvalue weighted by Gasteiger charge is -2.25. The molecular formula is C18H23N3O4. The molecule has 134 valence electrons. The van der Waals surface area contributed by atoms with Crippen LogP contribution in [0, 0.1) is 0 Å². The summed E-state index contributed by atoms with van der Waals surface area (Å²) in [5, 5.41) is 5.62. The number of carbonyl (C=O) groups excluding carboxylic acids is 2. The molecule has 2 heterocycles. The van der Waals surface area contributed by atoms with Gasteiger partial charge in [-0.05, 0) is 31.0 Å². The minimum atomic E-state index is -0.445. The van der Waals surface area contributed by atoms with E-state index in [1.165, 1.54) is 0 Å². The van der Waals surface area contributed by atoms with E-state index >= 15 is 0 Å². The van der Waals surface area contributed by atoms with Crippen molar-refractivity contribution in [1.82, 2.24) is 15.5 Å². The van der Waals surface area contributed by atoms with Gasteiger partial charge in [0.2, 0.25) is 0 Å². The van der Waals surface area contributed by atoms with Gasteiger partial charge in [-0.3, -0.25) is 4.79 Å². The molecule has 3 rings (SSSR count). The maximum absolute atomic E-state index is 12.8. The summed E-state index contributed by atoms with van der Waals surface area (Å²) < 4.78 is 10.5. The number of rotatable bonds is 7. The van der Waals surface area contributed by atoms with E-state index in [4.69, 9.17) is 9.47 Å². The third-order valence-corrected chi connectivity index (χ3v) is 4.32. The van der Waals surface area contributed by atoms with Crippen molar-refractivity contribution in [3.05, 3.63) is 41.1 Å². The molecule has 0 aliphatic carbocycles. The number of nitrogens with zero attached hydrogens (tertiary/aromatic N) is 1. The summed E-state index contributed by atoms with van der Waals surface area (Å²) in [6.45, 7) is 4.15. The summed E-state index contributed by atoms with van der Waals surface area (Å²) in [5.41, 5.74) is 2.16. The molecule has 0 unspecified atom stereocenters. The van der Waals surface area contributed by atoms with Crippen LogP contribution >= 0.6 is 0 Å². The Morgan fingerprint density at radius 2 is 2.00 bits per heavy atom. The highest BCUT2D eigenvalue weighted by Crippen LogP contribution is 2.33. The Labute approximate surface area is 147 Å². The van der Waals surface area contributed by atoms with Crippen LogP contribution in [-0.4, -0.2) is 50.3 Å². The van der Waals surface area contributed by atoms with Crippen LogP contribution in [0.3, 0.4) is 0 Å². The highest BCUT2D eigenvalue weighted by Gasteiger charge is 2.40. The zero-order chi connectivity index (χ0) is 17.8. The van der Waals surface area contributed by atoms with Gasteiger partial charge in [0.15, 0.2) is 0 Å². The van der Waals surface area contributed by atoms with Crippen molar-refractivity contribution in [2.45, 2.75) is 19.4 Å². The second-order valence-electron chi connectivity index (χ2n) is 6.00. The fourth-order valence-electron chi connectivity index (χ4n) is 3.18. The Morgan fingerprint density at radius 1 is 1.24 bits per heavy atom. The van der Waals surface area contributed by atoms with Gasteiger partial charge in [-0.2, -0.15) is 0 Å². The van der Waals surface area contributed by atoms with E-state index in [1.54, 1.807) is 12.0 Å². The van der Waals surface area contributed by atoms with Gasteiger partial charge in [-0.15, -0.1) is 0 Å². The molecule has 7 heteroatoms. The van der Waals surface area contributed by atoms with Crippen molar-refractivity contribution in [2.75, 3.05) is 33.4 Å². The summed E-state index contributed by atoms with van der Waals surface area (Å²) in [6, 6.07) is 6.73. The topological polar surface area (TPSA) is 79.9 Å². The van der Waals surface area contributed by atoms with Crippen molar-refractivity contribution < 1.29 is 19.1 Å². The number of amides is 3. The molecule has 2 N–H and O–H groups in total. The standard InChI is InChI=1S/C18H23N3O4/c1-3-25-13-7-5-12(6-8-13)16-15-14(19-18(23)20-16)11-21(17(15)22)9-4-10-24-2/h5-8,16H,3-4,9-11H2,1-2H3,(H2,19,20,23)/t16-/m1/s1. The summed E-state index contributed by atoms with van der Waals surface area (Å²) in [6.07, 6.45) is 0.762. The van der Waals surface area contributed by atoms with E-state index in [-0.39, 0.29) is 11.9 Å². The summed E-state index contributed by atoms with van der Waals surface area (Å²) in [7, 11) is 1.64. The van der Waals surface area contributed by atoms with E-state index in [0.717, 1.165) is 17.7 Å². The summed E-state index contributed by atoms with van der Waals surface area (Å²) in [4.78, 5) is 26.6. The Morgan fingerprint density at radius 3 is 2.68 bits per heavy atom. The minimum Gasteiger partial charge on any atom is -0.494 e. The molecule has 0 spiro atoms. The maximum Gasteiger partial charge on any atom is 0.319 e. The predicted octanol–water partition coefficient (Wildman–Crippen LogP) is 1.57. The van der Waals surface area contributed by atoms with Crippen LogP contribution in [0.5, 0.6) is 5.75 Å². The molecule has 0 saturated carbocycles. The van der Waals surface area contributed by atoms with Crippen molar-refractivity contribution in [3.8, 4) is 5.75 Å². The number of ether oxygens (including phenoxy) is 2. The first-order chi connectivity index (χ1) is 12.1. The minimum absolute atomic E-state index is 0.0440. The molecule has 2 aliphatic heterocycles. The highest BCUT2D eigenvalue weighted by molar-refractivity contribution is 6.01. The fraction of sp³-hybridized carbons (Fsp3) is 0.444. The third kappa shape index (κ3) is 3.61. The van der Waals surface area contributed by atoms with Crippen LogP contribution < -0.4 is 15.4 Å². The third-order valence-electron chi connectivity index (χ3n) is 4.32. The van der Waals surface area contributed by atoms with E-state index in [0.29, 0.717) is 37.6 Å². The highest BCUT2D eigenvalue weighted by atomic mass is 16.5. The number of nitrogens with one attached hydrogen (secondary N) is 2. The van der Waals surface area contributed by atoms with E-state index < -0.39 is 6.04 Å². The average Bonchev–Trinajstić information content (AvgIpc) is 2.91. The van der Waals surface area contributed by atoms with Gasteiger partial charge in [0.25, 0.3) is 5.91 Å². The Kier molecular flexibility index (Phi) is 5.23. The number of carbonyl (C=O) groups is 2. The van der Waals surface area contributed by atoms with E-state index in [2.05, 4.69) is 10.6 Å². The molecule has 3 amide bonds. The molecule has 0 radical (unpaired) electrons. The van der Waals surface area contributed by atoms with Gasteiger partial charge in [-0.25, -0.2) is 4.79 Å². The van der Waals surface area contributed by atoms with E-state index in [9.17, 15) is 9.59 Å². The monoisotopic (exact) mass is 345 g/mol. The van der Waals surface area contributed by atoms with Crippen LogP contribution in [0.1, 0.15) is 24.9 Å². The quantitative estimate of drug-likeness (QED) is 0.735. The second kappa shape index (κ2) is 7.57. The molecule has 7 nitrogen and oxygen atoms in total. The first-order valence-electron chi connectivity index (χ1n) is 8.45. The number of urea groups is 1. The Hall–Kier alpha value is -2.54. The molecule has 25 heavy (non-hydrogen) atoms. The SMILES string of the molecule is CCOc1ccc([C@H]2NC(=O)NC3=C2C(=O)N(CCCOC)C3)cc1. The Balaban J connectivity index is 1.80. The first kappa shape index (κ1) is 17.3. The number of hydrogen-bond acceptors (Lipinski definition) is 4. The molecule has 0 bridgehead atoms. The molecule has 2 aliphatic rings. The van der Waals surface area contributed by atoms with Crippen LogP contribution in [0.2, 0.25) is 0 Å². The average molecular weight is 345 g/mol. The summed E-state index contributed by atoms with van der Waals surface area (Å²) in [5.74, 6) is 0.720. The molecular weight excluding hydrogens is 322 g/mol. The number of methoxy groups -OCH3 is 1. The Bertz CT molecular complexity index is 684. The molecule has 0 fully saturated rings. The van der Waals surface area contributed by atoms with Gasteiger partial charge in [0, 0.05) is 20.3 Å². The molecule has 1 aromatic rings. The van der Waals surface area contributed by atoms with Crippen molar-refractivity contribution in [2.24, 2.45) is 0 Å². The van der Waals surface area contributed by atoms with Gasteiger partial charge in [-0.1, -0.05) is 12.1 Å². The lowest BCUT2D eigenvalue weighted by Crippen LogP contribution is -2.44. The van der Waals surface area contributed by atoms with Gasteiger partial charge in [0.05, 0.1) is 30.5 Å². The second-order valence-corrected chi connectivity index (χ2v) is 6.00. The number of benzene rings is 1. The van der Waals surface area contributed by atoms with Gasteiger partial charge in [0.1, 0.15) is 5.75 Å². The lowest BCUT2D eigenvalue weighted by molar-refractivity contribution is -0.125. The molecule has 1 aromatic carbocycles. The van der Waals surface area contributed by atoms with Crippen LogP contribution in [0.15, 0.2) is 35.5 Å². The largest absolute Gasteiger partial charge is 0.494 e. The van der Waals surface area contributed by atoms with Gasteiger partial charge >= 0.3 is 6.03 Å². The molecule has 1 atom stereocenters. The predicted molar refractivity (Wildman–Crippen MR) is 92.1 cm³/mol. The normalized spacial score (nSPS) is 19.6. The lowest BCUT2D eigenvalue weighted by atomic mass is 9.96. The van der Waals surface area contributed by atoms with E-state index in [1.807, 2.05) is 31.2 Å². The van der Waals surface area contributed by atoms with Gasteiger partial charge < -0.3 is 25.0 Å². The van der Waals surface area contributed by atoms with Crippen LogP contribution in [0.4, 0.5) is 4.79 Å². The molecule has 0 aromatic heterocycles. The van der Waals surface area contributed by atoms with Crippen LogP contribution in [-0.2, 0) is 9.53 Å². The first-order valence-corrected chi connectivity index (χ1v) is 8.45. The zero-order valence-electron chi connectivity index (χ0n) is 14.5. The smallest absolute Gasteiger partial charge is 0.319 e. The fourth-order valence-corrected chi connectivity index (χ4v) is 3.18. The molecule has 0 saturated heterocycles. The summed E-state index contributed by atoms with van der Waals surface area (Å²) >= 11 is 0. The zero-order valence-corrected chi connectivity index (χ0v) is 14.5. The van der Waals surface area contributed by atoms with Crippen molar-refractivity contribution >= 4 is 11.9 Å². The van der Waals surface area contributed by atoms with Crippen molar-refractivity contribution in [1.29, 1.82) is 0 Å².